The van der Waals surface area contributed by atoms with Crippen LogP contribution in [0.2, 0.25) is 10.0 Å². The fraction of sp³-hybridized carbons (Fsp3) is 0.355. The zero-order chi connectivity index (χ0) is 30.3. The summed E-state index contributed by atoms with van der Waals surface area (Å²) in [5.74, 6) is -0.690. The number of hydrogen-bond donors (Lipinski definition) is 1. The van der Waals surface area contributed by atoms with Gasteiger partial charge in [0.1, 0.15) is 12.6 Å². The van der Waals surface area contributed by atoms with Crippen LogP contribution < -0.4 is 9.62 Å². The van der Waals surface area contributed by atoms with Gasteiger partial charge in [-0.3, -0.25) is 13.9 Å². The Morgan fingerprint density at radius 2 is 1.51 bits per heavy atom. The first kappa shape index (κ1) is 32.4. The van der Waals surface area contributed by atoms with Gasteiger partial charge < -0.3 is 10.2 Å². The lowest BCUT2D eigenvalue weighted by Gasteiger charge is -2.34. The predicted octanol–water partition coefficient (Wildman–Crippen LogP) is 6.39. The highest BCUT2D eigenvalue weighted by Crippen LogP contribution is 2.30. The lowest BCUT2D eigenvalue weighted by atomic mass is 10.1. The van der Waals surface area contributed by atoms with E-state index in [0.717, 1.165) is 15.4 Å². The van der Waals surface area contributed by atoms with Crippen LogP contribution in [-0.4, -0.2) is 44.3 Å². The molecule has 3 rings (SSSR count). The van der Waals surface area contributed by atoms with Gasteiger partial charge in [-0.2, -0.15) is 0 Å². The maximum atomic E-state index is 14.2. The molecule has 10 heteroatoms. The van der Waals surface area contributed by atoms with Crippen molar-refractivity contribution in [2.24, 2.45) is 5.92 Å². The number of hydrogen-bond acceptors (Lipinski definition) is 4. The number of aryl methyl sites for hydroxylation is 1. The van der Waals surface area contributed by atoms with E-state index in [0.29, 0.717) is 34.3 Å². The molecule has 0 fully saturated rings. The number of anilines is 1. The molecule has 1 N–H and O–H groups in total. The predicted molar refractivity (Wildman–Crippen MR) is 166 cm³/mol. The van der Waals surface area contributed by atoms with Crippen molar-refractivity contribution >= 4 is 50.7 Å². The highest BCUT2D eigenvalue weighted by Gasteiger charge is 2.34. The smallest absolute Gasteiger partial charge is 0.264 e. The zero-order valence-electron chi connectivity index (χ0n) is 24.0. The zero-order valence-corrected chi connectivity index (χ0v) is 26.4. The molecule has 0 aliphatic carbocycles. The second kappa shape index (κ2) is 14.2. The van der Waals surface area contributed by atoms with Crippen LogP contribution in [0.3, 0.4) is 0 Å². The first-order valence-electron chi connectivity index (χ1n) is 13.5. The van der Waals surface area contributed by atoms with Crippen molar-refractivity contribution in [3.05, 3.63) is 93.5 Å². The topological polar surface area (TPSA) is 86.8 Å². The van der Waals surface area contributed by atoms with Gasteiger partial charge in [0.25, 0.3) is 10.0 Å². The molecule has 0 saturated carbocycles. The number of halogens is 2. The van der Waals surface area contributed by atoms with E-state index >= 15 is 0 Å². The second-order valence-electron chi connectivity index (χ2n) is 10.3. The number of sulfonamides is 1. The average molecular weight is 619 g/mol. The molecule has 0 heterocycles. The molecule has 0 aromatic heterocycles. The summed E-state index contributed by atoms with van der Waals surface area (Å²) in [4.78, 5) is 29.0. The number of rotatable bonds is 12. The molecular weight excluding hydrogens is 581 g/mol. The van der Waals surface area contributed by atoms with Crippen LogP contribution in [0.4, 0.5) is 5.69 Å². The van der Waals surface area contributed by atoms with E-state index < -0.39 is 28.5 Å². The van der Waals surface area contributed by atoms with Crippen LogP contribution in [0.1, 0.15) is 43.9 Å². The molecule has 220 valence electrons. The summed E-state index contributed by atoms with van der Waals surface area (Å²) in [5, 5.41) is 3.60. The summed E-state index contributed by atoms with van der Waals surface area (Å²) >= 11 is 12.9. The van der Waals surface area contributed by atoms with E-state index in [1.807, 2.05) is 33.8 Å². The third-order valence-corrected chi connectivity index (χ3v) is 9.40. The largest absolute Gasteiger partial charge is 0.354 e. The molecule has 0 aliphatic heterocycles. The van der Waals surface area contributed by atoms with E-state index in [9.17, 15) is 18.0 Å². The molecule has 3 aromatic rings. The van der Waals surface area contributed by atoms with Gasteiger partial charge in [0, 0.05) is 28.7 Å². The number of nitrogens with zero attached hydrogens (tertiary/aromatic N) is 2. The lowest BCUT2D eigenvalue weighted by Crippen LogP contribution is -2.52. The van der Waals surface area contributed by atoms with E-state index in [1.165, 1.54) is 17.0 Å². The van der Waals surface area contributed by atoms with E-state index in [2.05, 4.69) is 5.32 Å². The Balaban J connectivity index is 2.12. The molecular formula is C31H37Cl2N3O4S. The molecule has 3 aromatic carbocycles. The average Bonchev–Trinajstić information content (AvgIpc) is 2.94. The molecule has 0 unspecified atom stereocenters. The van der Waals surface area contributed by atoms with Crippen LogP contribution in [0.15, 0.2) is 71.6 Å². The summed E-state index contributed by atoms with van der Waals surface area (Å²) in [5.41, 5.74) is 2.46. The van der Waals surface area contributed by atoms with Crippen molar-refractivity contribution in [3.63, 3.8) is 0 Å². The molecule has 0 aliphatic rings. The maximum Gasteiger partial charge on any atom is 0.264 e. The van der Waals surface area contributed by atoms with Crippen LogP contribution >= 0.6 is 23.2 Å². The van der Waals surface area contributed by atoms with Crippen LogP contribution in [0.5, 0.6) is 0 Å². The van der Waals surface area contributed by atoms with Gasteiger partial charge in [0.15, 0.2) is 0 Å². The van der Waals surface area contributed by atoms with Gasteiger partial charge in [0.05, 0.1) is 10.6 Å². The standard InChI is InChI=1S/C31H37Cl2N3O4S/c1-6-28(31(38)34-18-21(2)3)35(19-25-26(32)15-11-16-27(25)33)30(37)20-36(29-17-10-12-22(4)23(29)5)41(39,40)24-13-8-7-9-14-24/h7-17,21,28H,6,18-20H2,1-5H3,(H,34,38)/t28-/m0/s1. The normalized spacial score (nSPS) is 12.2. The first-order valence-corrected chi connectivity index (χ1v) is 15.7. The van der Waals surface area contributed by atoms with Gasteiger partial charge in [-0.15, -0.1) is 0 Å². The summed E-state index contributed by atoms with van der Waals surface area (Å²) in [6.45, 7) is 9.28. The van der Waals surface area contributed by atoms with Crippen molar-refractivity contribution < 1.29 is 18.0 Å². The van der Waals surface area contributed by atoms with Gasteiger partial charge in [0.2, 0.25) is 11.8 Å². The van der Waals surface area contributed by atoms with Gasteiger partial charge in [-0.1, -0.05) is 80.4 Å². The van der Waals surface area contributed by atoms with Crippen molar-refractivity contribution in [2.45, 2.75) is 58.5 Å². The van der Waals surface area contributed by atoms with E-state index in [-0.39, 0.29) is 23.3 Å². The molecule has 2 amide bonds. The van der Waals surface area contributed by atoms with Gasteiger partial charge in [-0.05, 0) is 67.6 Å². The Kier molecular flexibility index (Phi) is 11.2. The van der Waals surface area contributed by atoms with Crippen LogP contribution in [0, 0.1) is 19.8 Å². The van der Waals surface area contributed by atoms with Crippen molar-refractivity contribution in [1.29, 1.82) is 0 Å². The minimum atomic E-state index is -4.15. The molecule has 0 spiro atoms. The van der Waals surface area contributed by atoms with E-state index in [1.54, 1.807) is 55.5 Å². The number of carbonyl (C=O) groups excluding carboxylic acids is 2. The molecule has 41 heavy (non-hydrogen) atoms. The third-order valence-electron chi connectivity index (χ3n) is 6.92. The SMILES string of the molecule is CC[C@@H](C(=O)NCC(C)C)N(Cc1c(Cl)cccc1Cl)C(=O)CN(c1cccc(C)c1C)S(=O)(=O)c1ccccc1. The van der Waals surface area contributed by atoms with Crippen molar-refractivity contribution in [2.75, 3.05) is 17.4 Å². The minimum absolute atomic E-state index is 0.0520. The van der Waals surface area contributed by atoms with Crippen molar-refractivity contribution in [3.8, 4) is 0 Å². The van der Waals surface area contributed by atoms with E-state index in [4.69, 9.17) is 23.2 Å². The maximum absolute atomic E-state index is 14.2. The molecule has 1 atom stereocenters. The number of carbonyl (C=O) groups is 2. The highest BCUT2D eigenvalue weighted by atomic mass is 35.5. The summed E-state index contributed by atoms with van der Waals surface area (Å²) in [6.07, 6.45) is 0.298. The van der Waals surface area contributed by atoms with Crippen LogP contribution in [-0.2, 0) is 26.2 Å². The first-order chi connectivity index (χ1) is 19.4. The molecule has 0 saturated heterocycles. The summed E-state index contributed by atoms with van der Waals surface area (Å²) in [7, 11) is -4.15. The quantitative estimate of drug-likeness (QED) is 0.255. The monoisotopic (exact) mass is 617 g/mol. The minimum Gasteiger partial charge on any atom is -0.354 e. The molecule has 0 radical (unpaired) electrons. The fourth-order valence-electron chi connectivity index (χ4n) is 4.43. The lowest BCUT2D eigenvalue weighted by molar-refractivity contribution is -0.140. The Labute approximate surface area is 253 Å². The second-order valence-corrected chi connectivity index (χ2v) is 13.0. The number of benzene rings is 3. The Hall–Kier alpha value is -3.07. The number of amides is 2. The fourth-order valence-corrected chi connectivity index (χ4v) is 6.44. The van der Waals surface area contributed by atoms with Crippen molar-refractivity contribution in [1.82, 2.24) is 10.2 Å². The Bertz CT molecular complexity index is 1460. The summed E-state index contributed by atoms with van der Waals surface area (Å²) in [6, 6.07) is 17.4. The molecule has 0 bridgehead atoms. The van der Waals surface area contributed by atoms with Gasteiger partial charge >= 0.3 is 0 Å². The Morgan fingerprint density at radius 1 is 0.902 bits per heavy atom. The number of nitrogens with one attached hydrogen (secondary N) is 1. The van der Waals surface area contributed by atoms with Crippen LogP contribution in [0.25, 0.3) is 0 Å². The Morgan fingerprint density at radius 3 is 2.10 bits per heavy atom. The molecule has 7 nitrogen and oxygen atoms in total. The summed E-state index contributed by atoms with van der Waals surface area (Å²) < 4.78 is 29.1. The highest BCUT2D eigenvalue weighted by molar-refractivity contribution is 7.92. The van der Waals surface area contributed by atoms with Gasteiger partial charge in [-0.25, -0.2) is 8.42 Å². The third kappa shape index (κ3) is 7.82.